The lowest BCUT2D eigenvalue weighted by Crippen LogP contribution is -2.33. The predicted molar refractivity (Wildman–Crippen MR) is 148 cm³/mol. The van der Waals surface area contributed by atoms with Crippen molar-refractivity contribution in [1.82, 2.24) is 10.0 Å². The smallest absolute Gasteiger partial charge is 0.455 e. The fraction of sp³-hybridized carbons (Fsp3) is 0.250. The molecule has 0 radical (unpaired) electrons. The molecule has 0 aliphatic heterocycles. The van der Waals surface area contributed by atoms with Crippen molar-refractivity contribution in [1.29, 1.82) is 0 Å². The molecule has 1 aromatic heterocycles. The van der Waals surface area contributed by atoms with Gasteiger partial charge in [-0.15, -0.1) is 0 Å². The highest BCUT2D eigenvalue weighted by atomic mass is 32.2. The van der Waals surface area contributed by atoms with Gasteiger partial charge < -0.3 is 19.8 Å². The summed E-state index contributed by atoms with van der Waals surface area (Å²) in [6.07, 6.45) is 2.08. The van der Waals surface area contributed by atoms with Crippen molar-refractivity contribution in [3.05, 3.63) is 88.5 Å². The number of hydrogen-bond acceptors (Lipinski definition) is 6. The Morgan fingerprint density at radius 2 is 1.80 bits per heavy atom. The fourth-order valence-corrected chi connectivity index (χ4v) is 5.77. The molecule has 1 heterocycles. The summed E-state index contributed by atoms with van der Waals surface area (Å²) in [5.74, 6) is -1.29. The van der Waals surface area contributed by atoms with Gasteiger partial charge in [-0.05, 0) is 84.3 Å². The number of rotatable bonds is 10. The van der Waals surface area contributed by atoms with Crippen LogP contribution in [0.15, 0.2) is 59.0 Å². The Bertz CT molecular complexity index is 1690. The largest absolute Gasteiger partial charge is 0.491 e. The zero-order chi connectivity index (χ0) is 28.6. The number of benzene rings is 3. The lowest BCUT2D eigenvalue weighted by molar-refractivity contribution is 0.0964. The predicted octanol–water partition coefficient (Wildman–Crippen LogP) is 2.96. The number of carbonyl (C=O) groups is 1. The van der Waals surface area contributed by atoms with Crippen LogP contribution in [0.4, 0.5) is 8.78 Å². The van der Waals surface area contributed by atoms with Gasteiger partial charge in [0.2, 0.25) is 10.0 Å². The van der Waals surface area contributed by atoms with E-state index in [1.807, 2.05) is 6.07 Å². The zero-order valence-electron chi connectivity index (χ0n) is 21.6. The monoisotopic (exact) mass is 568 g/mol. The molecule has 1 aliphatic rings. The van der Waals surface area contributed by atoms with Gasteiger partial charge in [0.05, 0.1) is 11.3 Å². The summed E-state index contributed by atoms with van der Waals surface area (Å²) in [4.78, 5) is 12.9. The molecule has 1 aliphatic carbocycles. The highest BCUT2D eigenvalue weighted by Crippen LogP contribution is 2.45. The summed E-state index contributed by atoms with van der Waals surface area (Å²) in [6, 6.07) is 13.0. The molecule has 8 nitrogen and oxygen atoms in total. The highest BCUT2D eigenvalue weighted by molar-refractivity contribution is 7.89. The molecule has 4 N–H and O–H groups in total. The van der Waals surface area contributed by atoms with E-state index in [2.05, 4.69) is 10.0 Å². The van der Waals surface area contributed by atoms with Gasteiger partial charge in [-0.2, -0.15) is 0 Å². The quantitative estimate of drug-likeness (QED) is 0.218. The number of aryl methyl sites for hydroxylation is 1. The average molecular weight is 568 g/mol. The summed E-state index contributed by atoms with van der Waals surface area (Å²) in [5.41, 5.74) is 3.07. The molecule has 0 bridgehead atoms. The van der Waals surface area contributed by atoms with Gasteiger partial charge in [0, 0.05) is 30.0 Å². The minimum Gasteiger partial charge on any atom is -0.455 e. The van der Waals surface area contributed by atoms with Crippen LogP contribution in [0.1, 0.15) is 45.8 Å². The molecular formula is C28H27BF2N2O6S. The summed E-state index contributed by atoms with van der Waals surface area (Å²) >= 11 is 0. The second kappa shape index (κ2) is 11.1. The van der Waals surface area contributed by atoms with Crippen molar-refractivity contribution in [3.8, 4) is 11.3 Å². The first-order valence-corrected chi connectivity index (χ1v) is 14.4. The maximum absolute atomic E-state index is 14.0. The second-order valence-corrected chi connectivity index (χ2v) is 11.8. The SMILES string of the molecule is CNC(=O)c1c(-c2ccc(F)cc2)oc2cc(CCS(=O)(=O)NCc3ccc(B(O)O)c(F)c3)c(C3CC3)cc12. The zero-order valence-corrected chi connectivity index (χ0v) is 22.4. The van der Waals surface area contributed by atoms with Crippen molar-refractivity contribution in [3.63, 3.8) is 0 Å². The number of carbonyl (C=O) groups excluding carboxylic acids is 1. The second-order valence-electron chi connectivity index (χ2n) is 9.83. The molecule has 1 amide bonds. The van der Waals surface area contributed by atoms with E-state index in [0.717, 1.165) is 30.0 Å². The van der Waals surface area contributed by atoms with Crippen LogP contribution >= 0.6 is 0 Å². The van der Waals surface area contributed by atoms with E-state index in [0.29, 0.717) is 33.4 Å². The van der Waals surface area contributed by atoms with Crippen molar-refractivity contribution in [2.24, 2.45) is 0 Å². The van der Waals surface area contributed by atoms with Crippen molar-refractivity contribution < 1.29 is 36.5 Å². The van der Waals surface area contributed by atoms with Crippen LogP contribution in [-0.2, 0) is 23.0 Å². The van der Waals surface area contributed by atoms with Crippen LogP contribution in [0.2, 0.25) is 0 Å². The first-order valence-electron chi connectivity index (χ1n) is 12.8. The van der Waals surface area contributed by atoms with E-state index in [-0.39, 0.29) is 36.0 Å². The minimum atomic E-state index is -3.76. The lowest BCUT2D eigenvalue weighted by Gasteiger charge is -2.11. The summed E-state index contributed by atoms with van der Waals surface area (Å²) in [7, 11) is -4.21. The lowest BCUT2D eigenvalue weighted by atomic mass is 9.79. The molecule has 1 fully saturated rings. The minimum absolute atomic E-state index is 0.162. The van der Waals surface area contributed by atoms with E-state index >= 15 is 0 Å². The maximum Gasteiger partial charge on any atom is 0.491 e. The molecule has 5 rings (SSSR count). The highest BCUT2D eigenvalue weighted by Gasteiger charge is 2.30. The van der Waals surface area contributed by atoms with Gasteiger partial charge in [-0.1, -0.05) is 12.1 Å². The third kappa shape index (κ3) is 5.95. The number of fused-ring (bicyclic) bond motifs is 1. The Balaban J connectivity index is 1.41. The maximum atomic E-state index is 14.0. The molecule has 0 unspecified atom stereocenters. The molecule has 1 saturated carbocycles. The Morgan fingerprint density at radius 1 is 1.07 bits per heavy atom. The molecule has 40 heavy (non-hydrogen) atoms. The molecule has 0 saturated heterocycles. The van der Waals surface area contributed by atoms with Crippen LogP contribution in [0.3, 0.4) is 0 Å². The Labute approximate surface area is 230 Å². The van der Waals surface area contributed by atoms with Gasteiger partial charge >= 0.3 is 7.12 Å². The van der Waals surface area contributed by atoms with Gasteiger partial charge in [0.15, 0.2) is 0 Å². The Hall–Kier alpha value is -3.58. The van der Waals surface area contributed by atoms with Crippen molar-refractivity contribution >= 4 is 39.5 Å². The fourth-order valence-electron chi connectivity index (χ4n) is 4.75. The third-order valence-electron chi connectivity index (χ3n) is 7.01. The van der Waals surface area contributed by atoms with E-state index < -0.39 is 28.8 Å². The average Bonchev–Trinajstić information content (AvgIpc) is 3.70. The molecule has 208 valence electrons. The number of amides is 1. The summed E-state index contributed by atoms with van der Waals surface area (Å²) in [6.45, 7) is -0.162. The topological polar surface area (TPSA) is 129 Å². The standard InChI is InChI=1S/C28H27BF2N2O6S/c1-32-28(34)26-22-14-21(17-3-4-17)19(13-25(22)39-27(26)18-5-7-20(30)8-6-18)10-11-40(37,38)33-15-16-2-9-23(29(35)36)24(31)12-16/h2,5-9,12-14,17,33,35-36H,3-4,10-11,15H2,1H3,(H,32,34). The first kappa shape index (κ1) is 28.0. The number of furan rings is 1. The van der Waals surface area contributed by atoms with Gasteiger partial charge in [0.1, 0.15) is 23.0 Å². The molecular weight excluding hydrogens is 541 g/mol. The molecule has 0 spiro atoms. The molecule has 0 atom stereocenters. The van der Waals surface area contributed by atoms with Gasteiger partial charge in [-0.3, -0.25) is 4.79 Å². The van der Waals surface area contributed by atoms with E-state index in [1.54, 1.807) is 6.07 Å². The third-order valence-corrected chi connectivity index (χ3v) is 8.33. The number of halogens is 2. The number of hydrogen-bond donors (Lipinski definition) is 4. The van der Waals surface area contributed by atoms with Crippen LogP contribution in [0.25, 0.3) is 22.3 Å². The Morgan fingerprint density at radius 3 is 2.42 bits per heavy atom. The summed E-state index contributed by atoms with van der Waals surface area (Å²) < 4.78 is 61.7. The van der Waals surface area contributed by atoms with E-state index in [9.17, 15) is 22.0 Å². The van der Waals surface area contributed by atoms with Crippen LogP contribution < -0.4 is 15.5 Å². The van der Waals surface area contributed by atoms with Crippen LogP contribution in [0, 0.1) is 11.6 Å². The molecule has 12 heteroatoms. The first-order chi connectivity index (χ1) is 19.1. The van der Waals surface area contributed by atoms with E-state index in [1.165, 1.54) is 43.4 Å². The normalized spacial score (nSPS) is 13.5. The van der Waals surface area contributed by atoms with Gasteiger partial charge in [-0.25, -0.2) is 21.9 Å². The van der Waals surface area contributed by atoms with Crippen molar-refractivity contribution in [2.75, 3.05) is 12.8 Å². The Kier molecular flexibility index (Phi) is 7.78. The molecule has 3 aromatic carbocycles. The van der Waals surface area contributed by atoms with Crippen LogP contribution in [0.5, 0.6) is 0 Å². The molecule has 4 aromatic rings. The number of sulfonamides is 1. The summed E-state index contributed by atoms with van der Waals surface area (Å²) in [5, 5.41) is 21.5. The van der Waals surface area contributed by atoms with Gasteiger partial charge in [0.25, 0.3) is 5.91 Å². The van der Waals surface area contributed by atoms with Crippen molar-refractivity contribution in [2.45, 2.75) is 31.7 Å². The van der Waals surface area contributed by atoms with Crippen LogP contribution in [-0.4, -0.2) is 44.3 Å². The van der Waals surface area contributed by atoms with E-state index in [4.69, 9.17) is 14.5 Å². The number of nitrogens with one attached hydrogen (secondary N) is 2.